The largest absolute Gasteiger partial charge is 0.454 e. The van der Waals surface area contributed by atoms with Gasteiger partial charge in [0, 0.05) is 36.9 Å². The van der Waals surface area contributed by atoms with E-state index in [1.807, 2.05) is 12.1 Å². The normalized spacial score (nSPS) is 21.8. The van der Waals surface area contributed by atoms with Gasteiger partial charge in [0.05, 0.1) is 0 Å². The maximum Gasteiger partial charge on any atom is 0.319 e. The maximum absolute atomic E-state index is 12.2. The van der Waals surface area contributed by atoms with Crippen LogP contribution in [0.1, 0.15) is 38.5 Å². The van der Waals surface area contributed by atoms with Crippen LogP contribution in [0.2, 0.25) is 0 Å². The van der Waals surface area contributed by atoms with Crippen molar-refractivity contribution in [2.75, 3.05) is 25.2 Å². The molecule has 0 aromatic heterocycles. The van der Waals surface area contributed by atoms with E-state index in [0.29, 0.717) is 5.75 Å². The fourth-order valence-electron chi connectivity index (χ4n) is 4.01. The summed E-state index contributed by atoms with van der Waals surface area (Å²) in [5.41, 5.74) is 0.722. The van der Waals surface area contributed by atoms with E-state index in [2.05, 4.69) is 15.5 Å². The van der Waals surface area contributed by atoms with Crippen LogP contribution in [0.15, 0.2) is 18.2 Å². The summed E-state index contributed by atoms with van der Waals surface area (Å²) in [6, 6.07) is 6.34. The van der Waals surface area contributed by atoms with Gasteiger partial charge in [0.25, 0.3) is 0 Å². The topological polar surface area (TPSA) is 62.8 Å². The van der Waals surface area contributed by atoms with Gasteiger partial charge in [-0.25, -0.2) is 4.79 Å². The second-order valence-electron chi connectivity index (χ2n) is 6.92. The van der Waals surface area contributed by atoms with Gasteiger partial charge >= 0.3 is 6.03 Å². The number of ether oxygens (including phenoxy) is 2. The number of benzene rings is 1. The first-order valence-electron chi connectivity index (χ1n) is 8.99. The average molecular weight is 331 g/mol. The highest BCUT2D eigenvalue weighted by Crippen LogP contribution is 2.34. The third-order valence-electron chi connectivity index (χ3n) is 5.34. The quantitative estimate of drug-likeness (QED) is 0.894. The second-order valence-corrected chi connectivity index (χ2v) is 6.92. The van der Waals surface area contributed by atoms with Crippen LogP contribution in [0.5, 0.6) is 11.5 Å². The summed E-state index contributed by atoms with van der Waals surface area (Å²) in [5, 5.41) is 5.98. The zero-order chi connectivity index (χ0) is 16.4. The molecule has 0 radical (unpaired) electrons. The lowest BCUT2D eigenvalue weighted by atomic mass is 10.0. The maximum atomic E-state index is 12.2. The third kappa shape index (κ3) is 3.43. The number of urea groups is 1. The van der Waals surface area contributed by atoms with Crippen LogP contribution in [0.3, 0.4) is 0 Å². The van der Waals surface area contributed by atoms with E-state index in [4.69, 9.17) is 9.47 Å². The summed E-state index contributed by atoms with van der Waals surface area (Å²) >= 11 is 0. The van der Waals surface area contributed by atoms with Crippen molar-refractivity contribution in [2.45, 2.75) is 50.6 Å². The van der Waals surface area contributed by atoms with E-state index < -0.39 is 0 Å². The molecule has 0 bridgehead atoms. The number of anilines is 1. The standard InChI is InChI=1S/C18H25N3O3/c22-18(20-14-5-6-16-17(11-14)24-12-23-16)19-13-7-9-21(10-8-13)15-3-1-2-4-15/h5-6,11,13,15H,1-4,7-10,12H2,(H2,19,20,22). The molecule has 2 aliphatic heterocycles. The molecule has 6 nitrogen and oxygen atoms in total. The molecule has 4 rings (SSSR count). The molecule has 1 aromatic rings. The van der Waals surface area contributed by atoms with Gasteiger partial charge in [-0.2, -0.15) is 0 Å². The van der Waals surface area contributed by atoms with Crippen LogP contribution in [0.4, 0.5) is 10.5 Å². The van der Waals surface area contributed by atoms with Gasteiger partial charge in [0.2, 0.25) is 6.79 Å². The molecule has 24 heavy (non-hydrogen) atoms. The number of piperidine rings is 1. The summed E-state index contributed by atoms with van der Waals surface area (Å²) in [6.07, 6.45) is 7.52. The van der Waals surface area contributed by atoms with E-state index in [9.17, 15) is 4.79 Å². The fraction of sp³-hybridized carbons (Fsp3) is 0.611. The van der Waals surface area contributed by atoms with Gasteiger partial charge in [-0.05, 0) is 37.8 Å². The smallest absolute Gasteiger partial charge is 0.319 e. The van der Waals surface area contributed by atoms with Crippen LogP contribution >= 0.6 is 0 Å². The number of amides is 2. The molecule has 1 saturated carbocycles. The minimum absolute atomic E-state index is 0.145. The van der Waals surface area contributed by atoms with Gasteiger partial charge in [0.15, 0.2) is 11.5 Å². The molecule has 2 amide bonds. The zero-order valence-corrected chi connectivity index (χ0v) is 13.9. The van der Waals surface area contributed by atoms with Gasteiger partial charge in [-0.1, -0.05) is 12.8 Å². The molecule has 2 fully saturated rings. The molecule has 0 atom stereocenters. The molecule has 1 saturated heterocycles. The molecular weight excluding hydrogens is 306 g/mol. The van der Waals surface area contributed by atoms with Crippen LogP contribution < -0.4 is 20.1 Å². The Bertz CT molecular complexity index is 593. The first-order valence-corrected chi connectivity index (χ1v) is 8.99. The number of carbonyl (C=O) groups is 1. The lowest BCUT2D eigenvalue weighted by Crippen LogP contribution is -2.48. The molecule has 1 aromatic carbocycles. The Morgan fingerprint density at radius 2 is 1.79 bits per heavy atom. The monoisotopic (exact) mass is 331 g/mol. The fourth-order valence-corrected chi connectivity index (χ4v) is 4.01. The van der Waals surface area contributed by atoms with Crippen LogP contribution in [-0.2, 0) is 0 Å². The number of hydrogen-bond donors (Lipinski definition) is 2. The van der Waals surface area contributed by atoms with E-state index in [1.54, 1.807) is 6.07 Å². The van der Waals surface area contributed by atoms with Crippen molar-refractivity contribution in [2.24, 2.45) is 0 Å². The Balaban J connectivity index is 1.25. The first-order chi connectivity index (χ1) is 11.8. The summed E-state index contributed by atoms with van der Waals surface area (Å²) in [4.78, 5) is 14.8. The zero-order valence-electron chi connectivity index (χ0n) is 13.9. The summed E-state index contributed by atoms with van der Waals surface area (Å²) in [6.45, 7) is 2.43. The van der Waals surface area contributed by atoms with E-state index in [0.717, 1.165) is 43.4 Å². The summed E-state index contributed by atoms with van der Waals surface area (Å²) < 4.78 is 10.6. The van der Waals surface area contributed by atoms with Crippen LogP contribution in [-0.4, -0.2) is 42.9 Å². The molecule has 6 heteroatoms. The highest BCUT2D eigenvalue weighted by Gasteiger charge is 2.27. The van der Waals surface area contributed by atoms with Gasteiger partial charge in [-0.3, -0.25) is 0 Å². The molecule has 3 aliphatic rings. The van der Waals surface area contributed by atoms with Crippen molar-refractivity contribution in [3.8, 4) is 11.5 Å². The van der Waals surface area contributed by atoms with E-state index in [1.165, 1.54) is 25.7 Å². The van der Waals surface area contributed by atoms with Crippen LogP contribution in [0, 0.1) is 0 Å². The van der Waals surface area contributed by atoms with Crippen molar-refractivity contribution < 1.29 is 14.3 Å². The lowest BCUT2D eigenvalue weighted by molar-refractivity contribution is 0.147. The Hall–Kier alpha value is -1.95. The molecular formula is C18H25N3O3. The first kappa shape index (κ1) is 15.6. The Morgan fingerprint density at radius 3 is 2.58 bits per heavy atom. The highest BCUT2D eigenvalue weighted by molar-refractivity contribution is 5.89. The molecule has 0 unspecified atom stereocenters. The van der Waals surface area contributed by atoms with Gasteiger partial charge < -0.3 is 25.0 Å². The number of hydrogen-bond acceptors (Lipinski definition) is 4. The Morgan fingerprint density at radius 1 is 1.04 bits per heavy atom. The third-order valence-corrected chi connectivity index (χ3v) is 5.34. The number of rotatable bonds is 3. The van der Waals surface area contributed by atoms with E-state index in [-0.39, 0.29) is 18.9 Å². The van der Waals surface area contributed by atoms with Crippen molar-refractivity contribution in [1.29, 1.82) is 0 Å². The van der Waals surface area contributed by atoms with Gasteiger partial charge in [-0.15, -0.1) is 0 Å². The number of nitrogens with one attached hydrogen (secondary N) is 2. The van der Waals surface area contributed by atoms with Crippen molar-refractivity contribution in [1.82, 2.24) is 10.2 Å². The second kappa shape index (κ2) is 6.89. The molecule has 2 N–H and O–H groups in total. The van der Waals surface area contributed by atoms with Crippen molar-refractivity contribution in [3.05, 3.63) is 18.2 Å². The van der Waals surface area contributed by atoms with E-state index >= 15 is 0 Å². The number of carbonyl (C=O) groups excluding carboxylic acids is 1. The number of nitrogens with zero attached hydrogens (tertiary/aromatic N) is 1. The predicted octanol–water partition coefficient (Wildman–Crippen LogP) is 2.94. The lowest BCUT2D eigenvalue weighted by Gasteiger charge is -2.36. The summed E-state index contributed by atoms with van der Waals surface area (Å²) in [5.74, 6) is 1.40. The Labute approximate surface area is 142 Å². The summed E-state index contributed by atoms with van der Waals surface area (Å²) in [7, 11) is 0. The van der Waals surface area contributed by atoms with Gasteiger partial charge in [0.1, 0.15) is 0 Å². The average Bonchev–Trinajstić information content (AvgIpc) is 3.26. The number of fused-ring (bicyclic) bond motifs is 1. The highest BCUT2D eigenvalue weighted by atomic mass is 16.7. The molecule has 130 valence electrons. The molecule has 1 aliphatic carbocycles. The number of likely N-dealkylation sites (tertiary alicyclic amines) is 1. The van der Waals surface area contributed by atoms with Crippen LogP contribution in [0.25, 0.3) is 0 Å². The Kier molecular flexibility index (Phi) is 4.47. The predicted molar refractivity (Wildman–Crippen MR) is 91.6 cm³/mol. The van der Waals surface area contributed by atoms with Crippen molar-refractivity contribution >= 4 is 11.7 Å². The SMILES string of the molecule is O=C(Nc1ccc2c(c1)OCO2)NC1CCN(C2CCCC2)CC1. The van der Waals surface area contributed by atoms with Crippen molar-refractivity contribution in [3.63, 3.8) is 0 Å². The molecule has 0 spiro atoms. The minimum atomic E-state index is -0.145. The molecule has 2 heterocycles. The minimum Gasteiger partial charge on any atom is -0.454 e.